The van der Waals surface area contributed by atoms with Crippen molar-refractivity contribution in [1.29, 1.82) is 0 Å². The molecule has 0 saturated carbocycles. The topological polar surface area (TPSA) is 67.6 Å². The number of amides is 1. The van der Waals surface area contributed by atoms with Crippen molar-refractivity contribution in [3.8, 4) is 11.3 Å². The number of rotatable bonds is 6. The van der Waals surface area contributed by atoms with Gasteiger partial charge >= 0.3 is 0 Å². The highest BCUT2D eigenvalue weighted by Crippen LogP contribution is 2.34. The minimum absolute atomic E-state index is 0.110. The fourth-order valence-corrected chi connectivity index (χ4v) is 3.61. The second-order valence-corrected chi connectivity index (χ2v) is 7.18. The summed E-state index contributed by atoms with van der Waals surface area (Å²) in [6, 6.07) is 15.3. The third-order valence-electron chi connectivity index (χ3n) is 4.77. The van der Waals surface area contributed by atoms with E-state index in [1.54, 1.807) is 6.20 Å². The lowest BCUT2D eigenvalue weighted by atomic mass is 10.2. The highest BCUT2D eigenvalue weighted by molar-refractivity contribution is 6.34. The van der Waals surface area contributed by atoms with Crippen LogP contribution in [0, 0.1) is 0 Å². The van der Waals surface area contributed by atoms with Crippen molar-refractivity contribution in [2.24, 2.45) is 0 Å². The van der Waals surface area contributed by atoms with Gasteiger partial charge in [-0.05, 0) is 12.1 Å². The Kier molecular flexibility index (Phi) is 6.12. The normalized spacial score (nSPS) is 14.0. The number of anilines is 2. The number of nitrogens with zero attached hydrogens (tertiary/aromatic N) is 2. The van der Waals surface area contributed by atoms with Crippen LogP contribution in [0.5, 0.6) is 0 Å². The zero-order valence-electron chi connectivity index (χ0n) is 15.9. The molecule has 7 heteroatoms. The molecule has 1 aliphatic heterocycles. The molecular weight excluding hydrogens is 390 g/mol. The van der Waals surface area contributed by atoms with E-state index in [9.17, 15) is 4.79 Å². The molecule has 0 aliphatic carbocycles. The van der Waals surface area contributed by atoms with Gasteiger partial charge in [0.2, 0.25) is 5.91 Å². The van der Waals surface area contributed by atoms with Crippen molar-refractivity contribution >= 4 is 28.9 Å². The molecule has 1 aliphatic rings. The summed E-state index contributed by atoms with van der Waals surface area (Å²) in [5, 5.41) is 3.60. The van der Waals surface area contributed by atoms with E-state index < -0.39 is 0 Å². The zero-order chi connectivity index (χ0) is 20.1. The second kappa shape index (κ2) is 9.11. The predicted molar refractivity (Wildman–Crippen MR) is 113 cm³/mol. The number of carbonyl (C=O) groups is 1. The van der Waals surface area contributed by atoms with Gasteiger partial charge in [0.15, 0.2) is 11.7 Å². The molecule has 1 N–H and O–H groups in total. The van der Waals surface area contributed by atoms with Crippen LogP contribution in [-0.4, -0.2) is 37.2 Å². The highest BCUT2D eigenvalue weighted by atomic mass is 35.5. The van der Waals surface area contributed by atoms with E-state index in [1.807, 2.05) is 48.5 Å². The lowest BCUT2D eigenvalue weighted by Gasteiger charge is -2.31. The molecular formula is C22H22ClN3O3. The average Bonchev–Trinajstić information content (AvgIpc) is 3.23. The quantitative estimate of drug-likeness (QED) is 0.651. The largest absolute Gasteiger partial charge is 0.441 e. The van der Waals surface area contributed by atoms with E-state index in [-0.39, 0.29) is 12.3 Å². The van der Waals surface area contributed by atoms with E-state index in [4.69, 9.17) is 20.8 Å². The van der Waals surface area contributed by atoms with Crippen LogP contribution in [0.25, 0.3) is 11.3 Å². The molecule has 150 valence electrons. The van der Waals surface area contributed by atoms with Crippen LogP contribution in [0.15, 0.2) is 59.1 Å². The number of aromatic nitrogens is 1. The van der Waals surface area contributed by atoms with Gasteiger partial charge in [0.05, 0.1) is 35.8 Å². The Morgan fingerprint density at radius 2 is 1.90 bits per heavy atom. The summed E-state index contributed by atoms with van der Waals surface area (Å²) in [4.78, 5) is 19.0. The minimum Gasteiger partial charge on any atom is -0.441 e. The van der Waals surface area contributed by atoms with Crippen molar-refractivity contribution in [2.45, 2.75) is 12.8 Å². The minimum atomic E-state index is -0.110. The van der Waals surface area contributed by atoms with Gasteiger partial charge in [0.1, 0.15) is 0 Å². The van der Waals surface area contributed by atoms with E-state index in [1.165, 1.54) is 0 Å². The molecule has 0 radical (unpaired) electrons. The maximum atomic E-state index is 12.5. The number of hydrogen-bond donors (Lipinski definition) is 1. The number of nitrogens with one attached hydrogen (secondary N) is 1. The zero-order valence-corrected chi connectivity index (χ0v) is 16.7. The average molecular weight is 412 g/mol. The molecule has 2 aromatic carbocycles. The first-order valence-corrected chi connectivity index (χ1v) is 10.00. The molecule has 4 rings (SSSR count). The van der Waals surface area contributed by atoms with Gasteiger partial charge in [0, 0.05) is 31.5 Å². The fraction of sp³-hybridized carbons (Fsp3) is 0.273. The number of ether oxygens (including phenoxy) is 1. The molecule has 0 atom stereocenters. The summed E-state index contributed by atoms with van der Waals surface area (Å²) in [6.07, 6.45) is 2.38. The smallest absolute Gasteiger partial charge is 0.224 e. The van der Waals surface area contributed by atoms with Crippen molar-refractivity contribution in [1.82, 2.24) is 4.98 Å². The van der Waals surface area contributed by atoms with Gasteiger partial charge in [-0.2, -0.15) is 0 Å². The van der Waals surface area contributed by atoms with Crippen molar-refractivity contribution in [3.63, 3.8) is 0 Å². The molecule has 3 aromatic rings. The summed E-state index contributed by atoms with van der Waals surface area (Å²) >= 11 is 6.42. The van der Waals surface area contributed by atoms with Crippen LogP contribution < -0.4 is 10.2 Å². The third kappa shape index (κ3) is 4.78. The molecule has 29 heavy (non-hydrogen) atoms. The van der Waals surface area contributed by atoms with Crippen molar-refractivity contribution in [2.75, 3.05) is 36.5 Å². The van der Waals surface area contributed by atoms with Crippen LogP contribution >= 0.6 is 11.6 Å². The second-order valence-electron chi connectivity index (χ2n) is 6.77. The number of halogens is 1. The number of oxazole rings is 1. The Bertz CT molecular complexity index is 968. The van der Waals surface area contributed by atoms with Gasteiger partial charge < -0.3 is 19.4 Å². The standard InChI is InChI=1S/C22H22ClN3O3/c23-17-7-4-8-18(22(17)26-11-13-28-14-12-26)25-20(27)9-10-21-24-15-19(29-21)16-5-2-1-3-6-16/h1-8,15H,9-14H2,(H,25,27). The maximum Gasteiger partial charge on any atom is 0.224 e. The fourth-order valence-electron chi connectivity index (χ4n) is 3.32. The summed E-state index contributed by atoms with van der Waals surface area (Å²) in [6.45, 7) is 2.77. The molecule has 1 saturated heterocycles. The van der Waals surface area contributed by atoms with Crippen LogP contribution in [0.2, 0.25) is 5.02 Å². The predicted octanol–water partition coefficient (Wildman–Crippen LogP) is 4.40. The Balaban J connectivity index is 1.39. The lowest BCUT2D eigenvalue weighted by Crippen LogP contribution is -2.37. The molecule has 0 spiro atoms. The maximum absolute atomic E-state index is 12.5. The highest BCUT2D eigenvalue weighted by Gasteiger charge is 2.19. The van der Waals surface area contributed by atoms with Gasteiger partial charge in [-0.3, -0.25) is 4.79 Å². The number of morpholine rings is 1. The number of benzene rings is 2. The number of para-hydroxylation sites is 1. The SMILES string of the molecule is O=C(CCc1ncc(-c2ccccc2)o1)Nc1cccc(Cl)c1N1CCOCC1. The van der Waals surface area contributed by atoms with Gasteiger partial charge in [0.25, 0.3) is 0 Å². The first-order valence-electron chi connectivity index (χ1n) is 9.62. The number of aryl methyl sites for hydroxylation is 1. The van der Waals surface area contributed by atoms with Crippen LogP contribution in [0.4, 0.5) is 11.4 Å². The number of carbonyl (C=O) groups excluding carboxylic acids is 1. The molecule has 1 amide bonds. The van der Waals surface area contributed by atoms with Gasteiger partial charge in [-0.15, -0.1) is 0 Å². The molecule has 1 fully saturated rings. The van der Waals surface area contributed by atoms with Gasteiger partial charge in [-0.25, -0.2) is 4.98 Å². The summed E-state index contributed by atoms with van der Waals surface area (Å²) in [7, 11) is 0. The summed E-state index contributed by atoms with van der Waals surface area (Å²) < 4.78 is 11.2. The Morgan fingerprint density at radius 3 is 2.69 bits per heavy atom. The van der Waals surface area contributed by atoms with Crippen LogP contribution in [0.1, 0.15) is 12.3 Å². The van der Waals surface area contributed by atoms with E-state index >= 15 is 0 Å². The van der Waals surface area contributed by atoms with Crippen molar-refractivity contribution < 1.29 is 13.9 Å². The Hall–Kier alpha value is -2.83. The first kappa shape index (κ1) is 19.5. The molecule has 1 aromatic heterocycles. The Labute approximate surface area is 174 Å². The molecule has 2 heterocycles. The van der Waals surface area contributed by atoms with E-state index in [0.29, 0.717) is 42.0 Å². The van der Waals surface area contributed by atoms with E-state index in [2.05, 4.69) is 15.2 Å². The van der Waals surface area contributed by atoms with Crippen molar-refractivity contribution in [3.05, 3.63) is 65.6 Å². The van der Waals surface area contributed by atoms with Crippen LogP contribution in [-0.2, 0) is 16.0 Å². The summed E-state index contributed by atoms with van der Waals surface area (Å²) in [5.41, 5.74) is 2.51. The molecule has 6 nitrogen and oxygen atoms in total. The molecule has 0 unspecified atom stereocenters. The summed E-state index contributed by atoms with van der Waals surface area (Å²) in [5.74, 6) is 1.13. The lowest BCUT2D eigenvalue weighted by molar-refractivity contribution is -0.116. The monoisotopic (exact) mass is 411 g/mol. The molecule has 0 bridgehead atoms. The van der Waals surface area contributed by atoms with E-state index in [0.717, 1.165) is 24.3 Å². The van der Waals surface area contributed by atoms with Gasteiger partial charge in [-0.1, -0.05) is 48.0 Å². The first-order chi connectivity index (χ1) is 14.2. The Morgan fingerprint density at radius 1 is 1.10 bits per heavy atom. The third-order valence-corrected chi connectivity index (χ3v) is 5.07. The van der Waals surface area contributed by atoms with Crippen LogP contribution in [0.3, 0.4) is 0 Å². The number of hydrogen-bond acceptors (Lipinski definition) is 5.